The van der Waals surface area contributed by atoms with E-state index in [2.05, 4.69) is 16.7 Å². The van der Waals surface area contributed by atoms with Crippen LogP contribution in [0.1, 0.15) is 43.2 Å². The number of hydrogen-bond acceptors (Lipinski definition) is 2. The van der Waals surface area contributed by atoms with Crippen molar-refractivity contribution in [2.45, 2.75) is 55.5 Å². The van der Waals surface area contributed by atoms with Crippen LogP contribution >= 0.6 is 0 Å². The number of nitrogens with zero attached hydrogens (tertiary/aromatic N) is 1. The third-order valence-corrected chi connectivity index (χ3v) is 6.76. The van der Waals surface area contributed by atoms with Crippen LogP contribution in [0.2, 0.25) is 0 Å². The molecule has 4 aliphatic rings. The fraction of sp³-hybridized carbons (Fsp3) is 0.647. The van der Waals surface area contributed by atoms with E-state index in [1.807, 2.05) is 6.07 Å². The molecular weight excluding hydrogens is 291 g/mol. The highest BCUT2D eigenvalue weighted by Crippen LogP contribution is 2.77. The van der Waals surface area contributed by atoms with Gasteiger partial charge in [-0.15, -0.1) is 13.2 Å². The molecule has 5 atom stereocenters. The Hall–Kier alpha value is -1.23. The SMILES string of the molecule is CN1[C@@H]2[C@H]3CCCC[C@]34CC21c1ccc(OC(F)(F)F)cc14. The van der Waals surface area contributed by atoms with Crippen LogP contribution in [0.25, 0.3) is 0 Å². The zero-order valence-electron chi connectivity index (χ0n) is 12.4. The van der Waals surface area contributed by atoms with Crippen LogP contribution in [-0.2, 0) is 11.0 Å². The number of halogens is 3. The summed E-state index contributed by atoms with van der Waals surface area (Å²) < 4.78 is 41.8. The standard InChI is InChI=1S/C17H18F3NO/c1-21-14-12-4-2-3-7-15(12)9-16(14,21)11-6-5-10(8-13(11)15)22-17(18,19)20/h5-6,8,12,14H,2-4,7,9H2,1H3/t12-,14-,15+,16?,21?/m1/s1. The highest BCUT2D eigenvalue weighted by Gasteiger charge is 2.80. The molecule has 0 N–H and O–H groups in total. The molecular formula is C17H18F3NO. The Morgan fingerprint density at radius 2 is 2.05 bits per heavy atom. The third-order valence-electron chi connectivity index (χ3n) is 6.76. The molecule has 2 bridgehead atoms. The molecule has 5 heteroatoms. The Morgan fingerprint density at radius 1 is 1.23 bits per heavy atom. The normalized spacial score (nSPS) is 44.3. The molecule has 0 aromatic heterocycles. The van der Waals surface area contributed by atoms with E-state index in [0.29, 0.717) is 12.0 Å². The van der Waals surface area contributed by atoms with Gasteiger partial charge in [0.1, 0.15) is 5.75 Å². The van der Waals surface area contributed by atoms with E-state index in [4.69, 9.17) is 0 Å². The summed E-state index contributed by atoms with van der Waals surface area (Å²) in [4.78, 5) is 2.44. The molecule has 2 spiro atoms. The second-order valence-electron chi connectivity index (χ2n) is 7.42. The first-order valence-corrected chi connectivity index (χ1v) is 8.02. The summed E-state index contributed by atoms with van der Waals surface area (Å²) in [7, 11) is 2.17. The average molecular weight is 309 g/mol. The Kier molecular flexibility index (Phi) is 2.19. The predicted molar refractivity (Wildman–Crippen MR) is 74.6 cm³/mol. The van der Waals surface area contributed by atoms with Gasteiger partial charge in [0.25, 0.3) is 0 Å². The van der Waals surface area contributed by atoms with Crippen LogP contribution in [0.15, 0.2) is 18.2 Å². The minimum Gasteiger partial charge on any atom is -0.406 e. The van der Waals surface area contributed by atoms with Crippen LogP contribution in [0.5, 0.6) is 5.75 Å². The third kappa shape index (κ3) is 1.33. The Balaban J connectivity index is 1.64. The average Bonchev–Trinajstić information content (AvgIpc) is 2.80. The highest BCUT2D eigenvalue weighted by atomic mass is 19.4. The van der Waals surface area contributed by atoms with Crippen LogP contribution in [0, 0.1) is 5.92 Å². The second-order valence-corrected chi connectivity index (χ2v) is 7.42. The van der Waals surface area contributed by atoms with Crippen molar-refractivity contribution in [1.82, 2.24) is 4.90 Å². The zero-order chi connectivity index (χ0) is 15.3. The van der Waals surface area contributed by atoms with Crippen molar-refractivity contribution in [3.05, 3.63) is 29.3 Å². The molecule has 118 valence electrons. The van der Waals surface area contributed by atoms with Gasteiger partial charge < -0.3 is 4.74 Å². The van der Waals surface area contributed by atoms with Crippen molar-refractivity contribution in [1.29, 1.82) is 0 Å². The largest absolute Gasteiger partial charge is 0.573 e. The van der Waals surface area contributed by atoms with Gasteiger partial charge in [-0.1, -0.05) is 18.9 Å². The molecule has 1 aromatic rings. The van der Waals surface area contributed by atoms with Crippen molar-refractivity contribution in [3.63, 3.8) is 0 Å². The summed E-state index contributed by atoms with van der Waals surface area (Å²) >= 11 is 0. The van der Waals surface area contributed by atoms with Crippen molar-refractivity contribution in [3.8, 4) is 5.75 Å². The van der Waals surface area contributed by atoms with E-state index in [0.717, 1.165) is 18.4 Å². The summed E-state index contributed by atoms with van der Waals surface area (Å²) in [5.41, 5.74) is 2.61. The topological polar surface area (TPSA) is 12.2 Å². The fourth-order valence-corrected chi connectivity index (χ4v) is 6.14. The molecule has 1 aromatic carbocycles. The molecule has 0 radical (unpaired) electrons. The van der Waals surface area contributed by atoms with Gasteiger partial charge in [-0.25, -0.2) is 0 Å². The molecule has 0 amide bonds. The summed E-state index contributed by atoms with van der Waals surface area (Å²) in [6.07, 6.45) is 1.24. The van der Waals surface area contributed by atoms with Crippen LogP contribution in [-0.4, -0.2) is 24.4 Å². The summed E-state index contributed by atoms with van der Waals surface area (Å²) in [5, 5.41) is 0. The van der Waals surface area contributed by atoms with Crippen molar-refractivity contribution >= 4 is 0 Å². The number of benzene rings is 1. The van der Waals surface area contributed by atoms with E-state index in [9.17, 15) is 13.2 Å². The van der Waals surface area contributed by atoms with E-state index in [1.54, 1.807) is 6.07 Å². The molecule has 22 heavy (non-hydrogen) atoms. The monoisotopic (exact) mass is 309 g/mol. The number of alkyl halides is 3. The number of piperidine rings is 1. The Labute approximate surface area is 127 Å². The molecule has 5 rings (SSSR count). The van der Waals surface area contributed by atoms with Gasteiger partial charge in [0.15, 0.2) is 0 Å². The molecule has 1 saturated heterocycles. The number of likely N-dealkylation sites (N-methyl/N-ethyl adjacent to an activating group) is 1. The van der Waals surface area contributed by atoms with Crippen LogP contribution in [0.3, 0.4) is 0 Å². The predicted octanol–water partition coefficient (Wildman–Crippen LogP) is 3.94. The smallest absolute Gasteiger partial charge is 0.406 e. The number of hydrogen-bond donors (Lipinski definition) is 0. The molecule has 1 aliphatic heterocycles. The van der Waals surface area contributed by atoms with Gasteiger partial charge in [0, 0.05) is 11.5 Å². The lowest BCUT2D eigenvalue weighted by Gasteiger charge is -2.41. The van der Waals surface area contributed by atoms with Crippen molar-refractivity contribution in [2.75, 3.05) is 7.05 Å². The van der Waals surface area contributed by atoms with Gasteiger partial charge in [-0.3, -0.25) is 4.90 Å². The molecule has 1 heterocycles. The highest BCUT2D eigenvalue weighted by molar-refractivity contribution is 5.59. The maximum absolute atomic E-state index is 12.5. The minimum absolute atomic E-state index is 0.0613. The lowest BCUT2D eigenvalue weighted by Crippen LogP contribution is -2.38. The molecule has 2 nitrogen and oxygen atoms in total. The molecule has 2 saturated carbocycles. The van der Waals surface area contributed by atoms with Gasteiger partial charge in [-0.2, -0.15) is 0 Å². The van der Waals surface area contributed by atoms with Gasteiger partial charge in [-0.05, 0) is 55.5 Å². The van der Waals surface area contributed by atoms with E-state index >= 15 is 0 Å². The lowest BCUT2D eigenvalue weighted by molar-refractivity contribution is -0.274. The molecule has 3 fully saturated rings. The number of ether oxygens (including phenoxy) is 1. The number of likely N-dealkylation sites (tertiary alicyclic amines) is 1. The fourth-order valence-electron chi connectivity index (χ4n) is 6.14. The zero-order valence-corrected chi connectivity index (χ0v) is 12.4. The summed E-state index contributed by atoms with van der Waals surface area (Å²) in [6.45, 7) is 0. The minimum atomic E-state index is -4.62. The van der Waals surface area contributed by atoms with Crippen molar-refractivity contribution in [2.24, 2.45) is 5.92 Å². The Morgan fingerprint density at radius 3 is 2.82 bits per heavy atom. The second kappa shape index (κ2) is 3.64. The summed E-state index contributed by atoms with van der Waals surface area (Å²) in [5.74, 6) is 0.550. The van der Waals surface area contributed by atoms with Gasteiger partial charge in [0.2, 0.25) is 0 Å². The maximum atomic E-state index is 12.5. The first-order valence-electron chi connectivity index (χ1n) is 8.02. The maximum Gasteiger partial charge on any atom is 0.573 e. The number of rotatable bonds is 1. The summed E-state index contributed by atoms with van der Waals surface area (Å²) in [6, 6.07) is 5.65. The lowest BCUT2D eigenvalue weighted by atomic mass is 9.63. The van der Waals surface area contributed by atoms with Gasteiger partial charge in [0.05, 0.1) is 5.54 Å². The van der Waals surface area contributed by atoms with E-state index < -0.39 is 6.36 Å². The Bertz CT molecular complexity index is 672. The number of fused-ring (bicyclic) bond motifs is 2. The van der Waals surface area contributed by atoms with E-state index in [-0.39, 0.29) is 16.7 Å². The van der Waals surface area contributed by atoms with Crippen molar-refractivity contribution < 1.29 is 17.9 Å². The van der Waals surface area contributed by atoms with Crippen LogP contribution in [0.4, 0.5) is 13.2 Å². The molecule has 2 unspecified atom stereocenters. The van der Waals surface area contributed by atoms with E-state index in [1.165, 1.54) is 30.9 Å². The van der Waals surface area contributed by atoms with Crippen LogP contribution < -0.4 is 4.74 Å². The van der Waals surface area contributed by atoms with Gasteiger partial charge >= 0.3 is 6.36 Å². The first kappa shape index (κ1) is 13.2. The first-order chi connectivity index (χ1) is 10.4. The quantitative estimate of drug-likeness (QED) is 0.729. The molecule has 3 aliphatic carbocycles.